The van der Waals surface area contributed by atoms with Crippen LogP contribution < -0.4 is 20.2 Å². The van der Waals surface area contributed by atoms with E-state index in [1.165, 1.54) is 59.8 Å². The van der Waals surface area contributed by atoms with Crippen LogP contribution >= 0.6 is 11.9 Å². The van der Waals surface area contributed by atoms with E-state index in [9.17, 15) is 4.79 Å². The predicted octanol–water partition coefficient (Wildman–Crippen LogP) is 6.25. The zero-order valence-electron chi connectivity index (χ0n) is 24.4. The lowest BCUT2D eigenvalue weighted by molar-refractivity contribution is -0.126. The van der Waals surface area contributed by atoms with E-state index in [1.807, 2.05) is 19.2 Å². The molecule has 4 bridgehead atoms. The summed E-state index contributed by atoms with van der Waals surface area (Å²) in [6, 6.07) is 13.3. The van der Waals surface area contributed by atoms with E-state index in [2.05, 4.69) is 57.0 Å². The van der Waals surface area contributed by atoms with Gasteiger partial charge in [-0.05, 0) is 75.1 Å². The van der Waals surface area contributed by atoms with Crippen molar-refractivity contribution >= 4 is 28.6 Å². The Morgan fingerprint density at radius 2 is 1.98 bits per heavy atom. The maximum atomic E-state index is 13.0. The number of hydrogen-bond acceptors (Lipinski definition) is 7. The molecule has 2 aliphatic heterocycles. The zero-order chi connectivity index (χ0) is 28.0. The highest BCUT2D eigenvalue weighted by molar-refractivity contribution is 7.96. The molecular weight excluding hydrogens is 520 g/mol. The third-order valence-corrected chi connectivity index (χ3v) is 9.98. The number of benzene rings is 2. The average Bonchev–Trinajstić information content (AvgIpc) is 3.25. The zero-order valence-corrected chi connectivity index (χ0v) is 25.2. The molecule has 2 aromatic carbocycles. The van der Waals surface area contributed by atoms with E-state index in [1.54, 1.807) is 26.0 Å². The van der Waals surface area contributed by atoms with Crippen molar-refractivity contribution in [3.63, 3.8) is 0 Å². The number of fused-ring (bicyclic) bond motifs is 4. The molecule has 3 atom stereocenters. The number of Topliss-reactive ketones (excluding diaryl/α,β-unsaturated/α-hetero) is 1. The van der Waals surface area contributed by atoms with E-state index in [4.69, 9.17) is 9.47 Å². The lowest BCUT2D eigenvalue weighted by atomic mass is 9.81. The summed E-state index contributed by atoms with van der Waals surface area (Å²) in [5.74, 6) is 2.26. The van der Waals surface area contributed by atoms with Gasteiger partial charge in [0, 0.05) is 41.5 Å². The van der Waals surface area contributed by atoms with Crippen LogP contribution in [0.25, 0.3) is 22.2 Å². The third kappa shape index (κ3) is 4.83. The Bertz CT molecular complexity index is 1410. The number of nitrogens with one attached hydrogen (secondary N) is 2. The van der Waals surface area contributed by atoms with Gasteiger partial charge in [0.15, 0.2) is 17.3 Å². The van der Waals surface area contributed by atoms with Crippen molar-refractivity contribution in [3.05, 3.63) is 47.5 Å². The second-order valence-corrected chi connectivity index (χ2v) is 12.7. The van der Waals surface area contributed by atoms with Gasteiger partial charge >= 0.3 is 0 Å². The molecule has 6 rings (SSSR count). The smallest absolute Gasteiger partial charge is 0.170 e. The molecule has 1 fully saturated rings. The number of rotatable bonds is 4. The molecule has 1 saturated carbocycles. The summed E-state index contributed by atoms with van der Waals surface area (Å²) < 4.78 is 17.2. The van der Waals surface area contributed by atoms with Crippen LogP contribution in [0.1, 0.15) is 69.9 Å². The summed E-state index contributed by atoms with van der Waals surface area (Å²) in [5.41, 5.74) is 8.95. The average molecular weight is 563 g/mol. The highest BCUT2D eigenvalue weighted by Crippen LogP contribution is 2.49. The monoisotopic (exact) mass is 562 g/mol. The van der Waals surface area contributed by atoms with Gasteiger partial charge in [-0.1, -0.05) is 49.4 Å². The first kappa shape index (κ1) is 27.6. The number of carbonyl (C=O) groups excluding carboxylic acids is 1. The molecule has 0 amide bonds. The molecule has 3 aromatic rings. The topological polar surface area (TPSA) is 67.8 Å². The Hall–Kier alpha value is -2.52. The second kappa shape index (κ2) is 11.0. The number of para-hydroxylation sites is 1. The third-order valence-electron chi connectivity index (χ3n) is 9.32. The minimum Gasteiger partial charge on any atom is -0.493 e. The maximum absolute atomic E-state index is 13.0. The molecule has 2 N–H and O–H groups in total. The van der Waals surface area contributed by atoms with Crippen molar-refractivity contribution in [3.8, 4) is 22.8 Å². The summed E-state index contributed by atoms with van der Waals surface area (Å²) >= 11 is 1.60. The summed E-state index contributed by atoms with van der Waals surface area (Å²) in [6.45, 7) is 7.76. The normalized spacial score (nSPS) is 25.9. The van der Waals surface area contributed by atoms with E-state index < -0.39 is 5.66 Å². The number of carbonyl (C=O) groups is 1. The Morgan fingerprint density at radius 1 is 1.18 bits per heavy atom. The number of ketones is 1. The molecule has 0 saturated heterocycles. The Labute approximate surface area is 242 Å². The van der Waals surface area contributed by atoms with Crippen LogP contribution in [-0.2, 0) is 17.9 Å². The van der Waals surface area contributed by atoms with Crippen LogP contribution in [0.2, 0.25) is 0 Å². The van der Waals surface area contributed by atoms with E-state index in [0.29, 0.717) is 19.1 Å². The Kier molecular flexibility index (Phi) is 7.63. The Balaban J connectivity index is 1.63. The standard InChI is InChI=1S/C32H42N4O3S/c1-20-24-18-35-27-16-22(17-36(40-5)34-32(3,33-20)21(2)37)14-15-25(27)29(23-10-7-6-8-11-23)30(35)26-12-9-13-28(38-4)31(26)39-19-24/h9,12-16,20,23-24,33-34H,6-8,10-11,17-19H2,1-5H3/t20?,24-,32?/m0/s1. The number of methoxy groups -OCH3 is 1. The van der Waals surface area contributed by atoms with Crippen molar-refractivity contribution in [2.45, 2.75) is 83.6 Å². The molecule has 40 heavy (non-hydrogen) atoms. The van der Waals surface area contributed by atoms with Crippen molar-refractivity contribution in [1.29, 1.82) is 0 Å². The fraction of sp³-hybridized carbons (Fsp3) is 0.531. The van der Waals surface area contributed by atoms with Gasteiger partial charge in [0.2, 0.25) is 0 Å². The number of nitrogens with zero attached hydrogens (tertiary/aromatic N) is 2. The van der Waals surface area contributed by atoms with Crippen LogP contribution in [0.5, 0.6) is 11.5 Å². The van der Waals surface area contributed by atoms with Crippen molar-refractivity contribution in [2.75, 3.05) is 20.0 Å². The first-order chi connectivity index (χ1) is 19.3. The fourth-order valence-corrected chi connectivity index (χ4v) is 7.50. The number of hydrogen-bond donors (Lipinski definition) is 2. The fourth-order valence-electron chi connectivity index (χ4n) is 6.95. The van der Waals surface area contributed by atoms with Gasteiger partial charge in [0.1, 0.15) is 5.66 Å². The van der Waals surface area contributed by atoms with E-state index >= 15 is 0 Å². The van der Waals surface area contributed by atoms with Crippen molar-refractivity contribution < 1.29 is 14.3 Å². The number of aromatic nitrogens is 1. The minimum absolute atomic E-state index is 0.00703. The molecule has 8 heteroatoms. The summed E-state index contributed by atoms with van der Waals surface area (Å²) in [7, 11) is 1.72. The molecule has 214 valence electrons. The second-order valence-electron chi connectivity index (χ2n) is 11.9. The molecular formula is C32H42N4O3S. The molecule has 3 aliphatic rings. The van der Waals surface area contributed by atoms with Crippen LogP contribution in [0.3, 0.4) is 0 Å². The van der Waals surface area contributed by atoms with Gasteiger partial charge < -0.3 is 14.0 Å². The van der Waals surface area contributed by atoms with Gasteiger partial charge in [-0.3, -0.25) is 10.1 Å². The quantitative estimate of drug-likeness (QED) is 0.364. The predicted molar refractivity (Wildman–Crippen MR) is 163 cm³/mol. The van der Waals surface area contributed by atoms with E-state index in [0.717, 1.165) is 23.6 Å². The molecule has 2 unspecified atom stereocenters. The van der Waals surface area contributed by atoms with Crippen molar-refractivity contribution in [1.82, 2.24) is 19.7 Å². The lowest BCUT2D eigenvalue weighted by Crippen LogP contribution is -2.66. The lowest BCUT2D eigenvalue weighted by Gasteiger charge is -2.40. The van der Waals surface area contributed by atoms with Crippen LogP contribution in [0.4, 0.5) is 0 Å². The van der Waals surface area contributed by atoms with Crippen LogP contribution in [0.15, 0.2) is 36.4 Å². The first-order valence-corrected chi connectivity index (χ1v) is 15.8. The molecule has 7 nitrogen and oxygen atoms in total. The summed E-state index contributed by atoms with van der Waals surface area (Å²) in [4.78, 5) is 13.0. The Morgan fingerprint density at radius 3 is 2.70 bits per heavy atom. The number of ether oxygens (including phenoxy) is 2. The SMILES string of the molecule is COc1cccc2c1OC[C@@H]1Cn3c-2c(C2CCCCC2)c2ccc(cc23)CN(SC)NC(C)(C(C)=O)NC1C. The van der Waals surface area contributed by atoms with Gasteiger partial charge in [-0.15, -0.1) is 0 Å². The number of hydrazine groups is 1. The minimum atomic E-state index is -0.917. The van der Waals surface area contributed by atoms with Gasteiger partial charge in [0.05, 0.1) is 19.4 Å². The van der Waals surface area contributed by atoms with Gasteiger partial charge in [-0.2, -0.15) is 4.41 Å². The van der Waals surface area contributed by atoms with Gasteiger partial charge in [0.25, 0.3) is 0 Å². The maximum Gasteiger partial charge on any atom is 0.170 e. The van der Waals surface area contributed by atoms with Crippen molar-refractivity contribution in [2.24, 2.45) is 5.92 Å². The largest absolute Gasteiger partial charge is 0.493 e. The summed E-state index contributed by atoms with van der Waals surface area (Å²) in [6.07, 6.45) is 8.35. The molecule has 3 heterocycles. The highest BCUT2D eigenvalue weighted by Gasteiger charge is 2.38. The molecule has 0 radical (unpaired) electrons. The first-order valence-electron chi connectivity index (χ1n) is 14.7. The molecule has 1 aromatic heterocycles. The summed E-state index contributed by atoms with van der Waals surface area (Å²) in [5, 5.41) is 5.03. The van der Waals surface area contributed by atoms with Crippen LogP contribution in [0, 0.1) is 5.92 Å². The van der Waals surface area contributed by atoms with E-state index in [-0.39, 0.29) is 17.7 Å². The molecule has 0 spiro atoms. The molecule has 1 aliphatic carbocycles. The van der Waals surface area contributed by atoms with Crippen LogP contribution in [-0.4, -0.2) is 46.4 Å². The van der Waals surface area contributed by atoms with Gasteiger partial charge in [-0.25, -0.2) is 5.43 Å². The highest BCUT2D eigenvalue weighted by atomic mass is 32.2.